The van der Waals surface area contributed by atoms with Gasteiger partial charge in [0.25, 0.3) is 0 Å². The van der Waals surface area contributed by atoms with E-state index in [2.05, 4.69) is 51.7 Å². The highest BCUT2D eigenvalue weighted by Gasteiger charge is 2.29. The van der Waals surface area contributed by atoms with Crippen LogP contribution in [0.1, 0.15) is 66.7 Å². The summed E-state index contributed by atoms with van der Waals surface area (Å²) in [6.45, 7) is 13.0. The summed E-state index contributed by atoms with van der Waals surface area (Å²) in [5.74, 6) is 4.06. The van der Waals surface area contributed by atoms with Crippen LogP contribution in [0.2, 0.25) is 0 Å². The van der Waals surface area contributed by atoms with E-state index < -0.39 is 0 Å². The summed E-state index contributed by atoms with van der Waals surface area (Å²) < 4.78 is 0. The number of rotatable bonds is 8. The van der Waals surface area contributed by atoms with Crippen molar-refractivity contribution in [2.75, 3.05) is 12.3 Å². The molecule has 1 aliphatic carbocycles. The highest BCUT2D eigenvalue weighted by Crippen LogP contribution is 2.35. The van der Waals surface area contributed by atoms with E-state index in [-0.39, 0.29) is 0 Å². The number of nitrogens with one attached hydrogen (secondary N) is 1. The summed E-state index contributed by atoms with van der Waals surface area (Å²) in [6, 6.07) is 0.740. The summed E-state index contributed by atoms with van der Waals surface area (Å²) in [7, 11) is 0. The van der Waals surface area contributed by atoms with Crippen LogP contribution < -0.4 is 5.32 Å². The van der Waals surface area contributed by atoms with Gasteiger partial charge in [0.15, 0.2) is 0 Å². The molecule has 19 heavy (non-hydrogen) atoms. The maximum Gasteiger partial charge on any atom is 0.0186 e. The molecule has 1 N–H and O–H groups in total. The summed E-state index contributed by atoms with van der Waals surface area (Å²) in [5, 5.41) is 4.65. The predicted octanol–water partition coefficient (Wildman–Crippen LogP) is 4.96. The third-order valence-electron chi connectivity index (χ3n) is 4.58. The molecule has 0 aromatic carbocycles. The lowest BCUT2D eigenvalue weighted by molar-refractivity contribution is 0.184. The average molecular weight is 286 g/mol. The van der Waals surface area contributed by atoms with Gasteiger partial charge in [-0.15, -0.1) is 0 Å². The quantitative estimate of drug-likeness (QED) is 0.676. The molecule has 4 unspecified atom stereocenters. The van der Waals surface area contributed by atoms with Crippen molar-refractivity contribution in [2.24, 2.45) is 17.8 Å². The van der Waals surface area contributed by atoms with Gasteiger partial charge in [-0.2, -0.15) is 11.8 Å². The molecule has 1 saturated carbocycles. The first-order valence-electron chi connectivity index (χ1n) is 8.41. The Morgan fingerprint density at radius 1 is 1.11 bits per heavy atom. The number of thioether (sulfide) groups is 1. The molecule has 0 bridgehead atoms. The minimum absolute atomic E-state index is 0.740. The van der Waals surface area contributed by atoms with Gasteiger partial charge in [0.05, 0.1) is 0 Å². The van der Waals surface area contributed by atoms with E-state index >= 15 is 0 Å². The Balaban J connectivity index is 2.51. The highest BCUT2D eigenvalue weighted by molar-refractivity contribution is 7.99. The second-order valence-electron chi connectivity index (χ2n) is 6.79. The maximum atomic E-state index is 3.84. The van der Waals surface area contributed by atoms with Gasteiger partial charge < -0.3 is 5.32 Å². The van der Waals surface area contributed by atoms with E-state index in [1.807, 2.05) is 0 Å². The second-order valence-corrected chi connectivity index (χ2v) is 8.26. The minimum atomic E-state index is 0.740. The van der Waals surface area contributed by atoms with Gasteiger partial charge in [-0.25, -0.2) is 0 Å². The van der Waals surface area contributed by atoms with Gasteiger partial charge in [-0.05, 0) is 56.4 Å². The van der Waals surface area contributed by atoms with E-state index in [0.717, 1.165) is 29.0 Å². The Hall–Kier alpha value is 0.310. The van der Waals surface area contributed by atoms with Crippen LogP contribution in [0.4, 0.5) is 0 Å². The topological polar surface area (TPSA) is 12.0 Å². The Bertz CT molecular complexity index is 221. The van der Waals surface area contributed by atoms with E-state index in [9.17, 15) is 0 Å². The molecular formula is C17H35NS. The van der Waals surface area contributed by atoms with E-state index in [1.54, 1.807) is 0 Å². The molecule has 1 fully saturated rings. The van der Waals surface area contributed by atoms with Gasteiger partial charge in [-0.3, -0.25) is 0 Å². The molecule has 0 amide bonds. The zero-order valence-corrected chi connectivity index (χ0v) is 14.6. The van der Waals surface area contributed by atoms with Gasteiger partial charge >= 0.3 is 0 Å². The molecule has 0 spiro atoms. The van der Waals surface area contributed by atoms with E-state index in [4.69, 9.17) is 0 Å². The molecule has 0 radical (unpaired) electrons. The van der Waals surface area contributed by atoms with Crippen LogP contribution in [0.3, 0.4) is 0 Å². The average Bonchev–Trinajstić information content (AvgIpc) is 2.37. The van der Waals surface area contributed by atoms with E-state index in [1.165, 1.54) is 44.4 Å². The fourth-order valence-corrected chi connectivity index (χ4v) is 4.58. The smallest absolute Gasteiger partial charge is 0.0186 e. The van der Waals surface area contributed by atoms with Crippen molar-refractivity contribution >= 4 is 11.8 Å². The molecule has 0 heterocycles. The lowest BCUT2D eigenvalue weighted by atomic mass is 9.74. The van der Waals surface area contributed by atoms with Crippen LogP contribution in [-0.4, -0.2) is 23.6 Å². The fraction of sp³-hybridized carbons (Fsp3) is 1.00. The van der Waals surface area contributed by atoms with Crippen molar-refractivity contribution < 1.29 is 0 Å². The zero-order chi connectivity index (χ0) is 14.3. The number of hydrogen-bond donors (Lipinski definition) is 1. The van der Waals surface area contributed by atoms with Crippen molar-refractivity contribution in [1.82, 2.24) is 5.32 Å². The highest BCUT2D eigenvalue weighted by atomic mass is 32.2. The standard InChI is InChI=1S/C17H35NS/c1-6-8-18-17(12-19-15(5)7-2)16-10-13(3)9-14(4)11-16/h13-18H,6-12H2,1-5H3. The van der Waals surface area contributed by atoms with Gasteiger partial charge in [0, 0.05) is 17.0 Å². The van der Waals surface area contributed by atoms with Crippen molar-refractivity contribution in [3.8, 4) is 0 Å². The fourth-order valence-electron chi connectivity index (χ4n) is 3.41. The zero-order valence-electron chi connectivity index (χ0n) is 13.7. The first-order valence-corrected chi connectivity index (χ1v) is 9.46. The molecule has 0 aliphatic heterocycles. The molecule has 4 atom stereocenters. The lowest BCUT2D eigenvalue weighted by Crippen LogP contribution is -2.42. The molecule has 114 valence electrons. The van der Waals surface area contributed by atoms with Gasteiger partial charge in [0.1, 0.15) is 0 Å². The van der Waals surface area contributed by atoms with Crippen LogP contribution in [0.25, 0.3) is 0 Å². The molecule has 1 rings (SSSR count). The van der Waals surface area contributed by atoms with Crippen molar-refractivity contribution in [2.45, 2.75) is 78.0 Å². The van der Waals surface area contributed by atoms with Crippen LogP contribution in [-0.2, 0) is 0 Å². The summed E-state index contributed by atoms with van der Waals surface area (Å²) in [5.41, 5.74) is 0. The number of hydrogen-bond acceptors (Lipinski definition) is 2. The Labute approximate surface area is 125 Å². The molecule has 1 aliphatic rings. The van der Waals surface area contributed by atoms with Crippen molar-refractivity contribution in [3.05, 3.63) is 0 Å². The first kappa shape index (κ1) is 17.4. The Kier molecular flexibility index (Phi) is 8.48. The van der Waals surface area contributed by atoms with Crippen LogP contribution in [0.5, 0.6) is 0 Å². The first-order chi connectivity index (χ1) is 9.06. The summed E-state index contributed by atoms with van der Waals surface area (Å²) in [4.78, 5) is 0. The van der Waals surface area contributed by atoms with Crippen LogP contribution in [0.15, 0.2) is 0 Å². The van der Waals surface area contributed by atoms with Crippen LogP contribution in [0, 0.1) is 17.8 Å². The lowest BCUT2D eigenvalue weighted by Gasteiger charge is -2.37. The summed E-state index contributed by atoms with van der Waals surface area (Å²) >= 11 is 2.17. The van der Waals surface area contributed by atoms with Crippen molar-refractivity contribution in [3.63, 3.8) is 0 Å². The molecule has 0 aromatic rings. The maximum absolute atomic E-state index is 3.84. The minimum Gasteiger partial charge on any atom is -0.313 e. The molecule has 0 aromatic heterocycles. The summed E-state index contributed by atoms with van der Waals surface area (Å²) in [6.07, 6.45) is 6.86. The van der Waals surface area contributed by atoms with Gasteiger partial charge in [0.2, 0.25) is 0 Å². The molecule has 0 saturated heterocycles. The Morgan fingerprint density at radius 3 is 2.26 bits per heavy atom. The monoisotopic (exact) mass is 285 g/mol. The Morgan fingerprint density at radius 2 is 1.74 bits per heavy atom. The largest absolute Gasteiger partial charge is 0.313 e. The SMILES string of the molecule is CCCNC(CSC(C)CC)C1CC(C)CC(C)C1. The van der Waals surface area contributed by atoms with Crippen LogP contribution >= 0.6 is 11.8 Å². The molecule has 2 heteroatoms. The third kappa shape index (κ3) is 6.53. The predicted molar refractivity (Wildman–Crippen MR) is 90.0 cm³/mol. The van der Waals surface area contributed by atoms with Crippen molar-refractivity contribution in [1.29, 1.82) is 0 Å². The van der Waals surface area contributed by atoms with Gasteiger partial charge in [-0.1, -0.05) is 34.6 Å². The molecule has 1 nitrogen and oxygen atoms in total. The van der Waals surface area contributed by atoms with E-state index in [0.29, 0.717) is 0 Å². The third-order valence-corrected chi connectivity index (χ3v) is 6.03. The second kappa shape index (κ2) is 9.28. The molecular weight excluding hydrogens is 250 g/mol. The normalized spacial score (nSPS) is 31.1.